The van der Waals surface area contributed by atoms with Gasteiger partial charge in [0.05, 0.1) is 5.75 Å². The van der Waals surface area contributed by atoms with Gasteiger partial charge in [0, 0.05) is 5.56 Å². The van der Waals surface area contributed by atoms with Crippen molar-refractivity contribution in [2.24, 2.45) is 4.99 Å². The summed E-state index contributed by atoms with van der Waals surface area (Å²) >= 11 is 0. The van der Waals surface area contributed by atoms with E-state index in [4.69, 9.17) is 5.11 Å². The number of carboxylic acids is 1. The second-order valence-corrected chi connectivity index (χ2v) is 5.39. The summed E-state index contributed by atoms with van der Waals surface area (Å²) in [5, 5.41) is 8.61. The smallest absolute Gasteiger partial charge is 0.329 e. The van der Waals surface area contributed by atoms with E-state index in [0.717, 1.165) is 0 Å². The maximum Gasteiger partial charge on any atom is 0.329 e. The van der Waals surface area contributed by atoms with Crippen LogP contribution in [-0.4, -0.2) is 36.3 Å². The molecule has 6 heteroatoms. The molecular weight excluding hydrogens is 230 g/mol. The number of hydrogen-bond acceptors (Lipinski definition) is 4. The second kappa shape index (κ2) is 3.71. The standard InChI is InChI=1S/C10H9NO4S/c12-10(13)8-6-16(14,15)9(11-8)7-4-2-1-3-5-7/h1-5,8H,6H2,(H,12,13)/t8-/m0/s1. The van der Waals surface area contributed by atoms with Gasteiger partial charge in [-0.25, -0.2) is 13.2 Å². The van der Waals surface area contributed by atoms with E-state index in [-0.39, 0.29) is 5.04 Å². The van der Waals surface area contributed by atoms with Crippen LogP contribution in [0.3, 0.4) is 0 Å². The van der Waals surface area contributed by atoms with Crippen LogP contribution >= 0.6 is 0 Å². The molecule has 1 aliphatic rings. The van der Waals surface area contributed by atoms with Crippen molar-refractivity contribution in [1.82, 2.24) is 0 Å². The molecule has 0 radical (unpaired) electrons. The van der Waals surface area contributed by atoms with Crippen molar-refractivity contribution in [3.8, 4) is 0 Å². The summed E-state index contributed by atoms with van der Waals surface area (Å²) in [5.41, 5.74) is 0.436. The molecule has 84 valence electrons. The third-order valence-electron chi connectivity index (χ3n) is 2.25. The summed E-state index contributed by atoms with van der Waals surface area (Å²) in [6.07, 6.45) is 0. The van der Waals surface area contributed by atoms with E-state index in [9.17, 15) is 13.2 Å². The average molecular weight is 239 g/mol. The van der Waals surface area contributed by atoms with Crippen LogP contribution in [0.5, 0.6) is 0 Å². The summed E-state index contributed by atoms with van der Waals surface area (Å²) < 4.78 is 23.4. The molecule has 0 fully saturated rings. The van der Waals surface area contributed by atoms with Crippen LogP contribution in [0.15, 0.2) is 35.3 Å². The molecule has 0 amide bonds. The molecular formula is C10H9NO4S. The zero-order valence-electron chi connectivity index (χ0n) is 8.20. The van der Waals surface area contributed by atoms with Gasteiger partial charge in [0.2, 0.25) is 0 Å². The lowest BCUT2D eigenvalue weighted by Gasteiger charge is -1.98. The quantitative estimate of drug-likeness (QED) is 0.805. The predicted molar refractivity (Wildman–Crippen MR) is 58.2 cm³/mol. The fourth-order valence-electron chi connectivity index (χ4n) is 1.51. The fraction of sp³-hybridized carbons (Fsp3) is 0.200. The number of carbonyl (C=O) groups is 1. The van der Waals surface area contributed by atoms with Crippen molar-refractivity contribution in [2.45, 2.75) is 6.04 Å². The van der Waals surface area contributed by atoms with Gasteiger partial charge in [-0.2, -0.15) is 0 Å². The minimum absolute atomic E-state index is 0.125. The number of benzene rings is 1. The third kappa shape index (κ3) is 1.83. The zero-order valence-corrected chi connectivity index (χ0v) is 9.02. The highest BCUT2D eigenvalue weighted by atomic mass is 32.2. The summed E-state index contributed by atoms with van der Waals surface area (Å²) in [6.45, 7) is 0. The summed E-state index contributed by atoms with van der Waals surface area (Å²) in [7, 11) is -3.57. The van der Waals surface area contributed by atoms with Crippen molar-refractivity contribution >= 4 is 20.9 Å². The molecule has 0 aliphatic carbocycles. The summed E-state index contributed by atoms with van der Waals surface area (Å²) in [5.74, 6) is -1.67. The lowest BCUT2D eigenvalue weighted by Crippen LogP contribution is -2.22. The van der Waals surface area contributed by atoms with Crippen LogP contribution in [0, 0.1) is 0 Å². The Kier molecular flexibility index (Phi) is 2.51. The molecule has 16 heavy (non-hydrogen) atoms. The number of hydrogen-bond donors (Lipinski definition) is 1. The molecule has 0 spiro atoms. The Morgan fingerprint density at radius 3 is 2.44 bits per heavy atom. The highest BCUT2D eigenvalue weighted by Crippen LogP contribution is 2.18. The first-order valence-corrected chi connectivity index (χ1v) is 6.25. The highest BCUT2D eigenvalue weighted by molar-refractivity contribution is 8.07. The van der Waals surface area contributed by atoms with Crippen LogP contribution in [0.4, 0.5) is 0 Å². The molecule has 0 saturated carbocycles. The number of nitrogens with zero attached hydrogens (tertiary/aromatic N) is 1. The lowest BCUT2D eigenvalue weighted by atomic mass is 10.2. The van der Waals surface area contributed by atoms with Crippen LogP contribution in [-0.2, 0) is 14.6 Å². The molecule has 5 nitrogen and oxygen atoms in total. The molecule has 1 N–H and O–H groups in total. The van der Waals surface area contributed by atoms with Gasteiger partial charge in [-0.1, -0.05) is 30.3 Å². The Labute approximate surface area is 92.4 Å². The van der Waals surface area contributed by atoms with E-state index in [2.05, 4.69) is 4.99 Å². The van der Waals surface area contributed by atoms with Gasteiger partial charge >= 0.3 is 5.97 Å². The SMILES string of the molecule is O=C(O)[C@@H]1CS(=O)(=O)C(c2ccccc2)=N1. The van der Waals surface area contributed by atoms with E-state index >= 15 is 0 Å². The summed E-state index contributed by atoms with van der Waals surface area (Å²) in [6, 6.07) is 7.13. The van der Waals surface area contributed by atoms with Crippen molar-refractivity contribution in [2.75, 3.05) is 5.75 Å². The minimum Gasteiger partial charge on any atom is -0.480 e. The van der Waals surface area contributed by atoms with E-state index < -0.39 is 27.6 Å². The van der Waals surface area contributed by atoms with E-state index in [0.29, 0.717) is 5.56 Å². The predicted octanol–water partition coefficient (Wildman–Crippen LogP) is 0.315. The first-order chi connectivity index (χ1) is 7.50. The van der Waals surface area contributed by atoms with E-state index in [1.165, 1.54) is 0 Å². The molecule has 1 aromatic rings. The molecule has 1 heterocycles. The molecule has 0 saturated heterocycles. The highest BCUT2D eigenvalue weighted by Gasteiger charge is 2.36. The van der Waals surface area contributed by atoms with Gasteiger partial charge in [-0.15, -0.1) is 0 Å². The van der Waals surface area contributed by atoms with Crippen molar-refractivity contribution in [1.29, 1.82) is 0 Å². The molecule has 0 unspecified atom stereocenters. The summed E-state index contributed by atoms with van der Waals surface area (Å²) in [4.78, 5) is 14.4. The number of rotatable bonds is 2. The largest absolute Gasteiger partial charge is 0.480 e. The van der Waals surface area contributed by atoms with Crippen LogP contribution < -0.4 is 0 Å². The monoisotopic (exact) mass is 239 g/mol. The molecule has 1 atom stereocenters. The van der Waals surface area contributed by atoms with E-state index in [1.807, 2.05) is 0 Å². The Bertz CT molecular complexity index is 547. The van der Waals surface area contributed by atoms with Gasteiger partial charge in [-0.05, 0) is 0 Å². The Balaban J connectivity index is 2.48. The third-order valence-corrected chi connectivity index (χ3v) is 3.94. The zero-order chi connectivity index (χ0) is 11.8. The molecule has 0 aromatic heterocycles. The van der Waals surface area contributed by atoms with Gasteiger partial charge in [0.1, 0.15) is 0 Å². The first kappa shape index (κ1) is 10.8. The van der Waals surface area contributed by atoms with Gasteiger partial charge in [0.25, 0.3) is 0 Å². The molecule has 2 rings (SSSR count). The Morgan fingerprint density at radius 1 is 1.31 bits per heavy atom. The number of sulfone groups is 1. The van der Waals surface area contributed by atoms with Crippen molar-refractivity contribution in [3.63, 3.8) is 0 Å². The minimum atomic E-state index is -3.57. The van der Waals surface area contributed by atoms with Gasteiger partial charge in [-0.3, -0.25) is 4.99 Å². The number of aliphatic carboxylic acids is 1. The maximum absolute atomic E-state index is 11.7. The van der Waals surface area contributed by atoms with E-state index in [1.54, 1.807) is 30.3 Å². The topological polar surface area (TPSA) is 83.8 Å². The van der Waals surface area contributed by atoms with Gasteiger partial charge in [0.15, 0.2) is 20.9 Å². The van der Waals surface area contributed by atoms with Crippen LogP contribution in [0.25, 0.3) is 0 Å². The van der Waals surface area contributed by atoms with Crippen LogP contribution in [0.1, 0.15) is 5.56 Å². The lowest BCUT2D eigenvalue weighted by molar-refractivity contribution is -0.137. The number of aliphatic imine (C=N–C) groups is 1. The van der Waals surface area contributed by atoms with Crippen LogP contribution in [0.2, 0.25) is 0 Å². The normalized spacial score (nSPS) is 22.8. The average Bonchev–Trinajstić information content (AvgIpc) is 2.56. The Hall–Kier alpha value is -1.69. The number of carboxylic acid groups (broad SMARTS) is 1. The second-order valence-electron chi connectivity index (χ2n) is 3.44. The van der Waals surface area contributed by atoms with Crippen molar-refractivity contribution < 1.29 is 18.3 Å². The van der Waals surface area contributed by atoms with Gasteiger partial charge < -0.3 is 5.11 Å². The molecule has 0 bridgehead atoms. The maximum atomic E-state index is 11.7. The molecule has 1 aliphatic heterocycles. The van der Waals surface area contributed by atoms with Crippen molar-refractivity contribution in [3.05, 3.63) is 35.9 Å². The fourth-order valence-corrected chi connectivity index (χ4v) is 3.08. The first-order valence-electron chi connectivity index (χ1n) is 4.59. The molecule has 1 aromatic carbocycles. The Morgan fingerprint density at radius 2 is 1.94 bits per heavy atom.